The molecule has 31 heavy (non-hydrogen) atoms. The van der Waals surface area contributed by atoms with Gasteiger partial charge in [0.1, 0.15) is 5.03 Å². The first kappa shape index (κ1) is 19.5. The van der Waals surface area contributed by atoms with Crippen LogP contribution in [0.1, 0.15) is 28.3 Å². The topological polar surface area (TPSA) is 39.9 Å². The second-order valence-electron chi connectivity index (χ2n) is 8.20. The first-order valence-corrected chi connectivity index (χ1v) is 12.0. The highest BCUT2D eigenvalue weighted by Crippen LogP contribution is 2.51. The van der Waals surface area contributed by atoms with Crippen LogP contribution in [-0.4, -0.2) is 27.1 Å². The Hall–Kier alpha value is -2.21. The number of thioether (sulfide) groups is 1. The molecule has 156 valence electrons. The highest BCUT2D eigenvalue weighted by molar-refractivity contribution is 7.99. The molecule has 4 nitrogen and oxygen atoms in total. The molecule has 2 atom stereocenters. The Morgan fingerprint density at radius 3 is 2.87 bits per heavy atom. The molecule has 2 aromatic carbocycles. The molecule has 0 saturated heterocycles. The van der Waals surface area contributed by atoms with Crippen LogP contribution < -0.4 is 4.74 Å². The van der Waals surface area contributed by atoms with E-state index in [1.807, 2.05) is 24.8 Å². The predicted molar refractivity (Wildman–Crippen MR) is 126 cm³/mol. The van der Waals surface area contributed by atoms with E-state index < -0.39 is 0 Å². The maximum absolute atomic E-state index is 6.49. The highest BCUT2D eigenvalue weighted by Gasteiger charge is 2.41. The van der Waals surface area contributed by atoms with E-state index in [0.717, 1.165) is 39.1 Å². The van der Waals surface area contributed by atoms with Crippen LogP contribution in [0.4, 0.5) is 0 Å². The number of fused-ring (bicyclic) bond motifs is 6. The number of aryl methyl sites for hydroxylation is 2. The molecule has 0 bridgehead atoms. The van der Waals surface area contributed by atoms with Gasteiger partial charge in [-0.3, -0.25) is 0 Å². The third-order valence-electron chi connectivity index (χ3n) is 6.22. The Morgan fingerprint density at radius 2 is 2.00 bits per heavy atom. The normalized spacial score (nSPS) is 19.5. The van der Waals surface area contributed by atoms with Crippen molar-refractivity contribution in [1.29, 1.82) is 0 Å². The molecule has 0 radical (unpaired) electrons. The highest BCUT2D eigenvalue weighted by atomic mass is 35.5. The molecule has 2 aliphatic heterocycles. The molecule has 0 unspecified atom stereocenters. The predicted octanol–water partition coefficient (Wildman–Crippen LogP) is 6.59. The zero-order valence-electron chi connectivity index (χ0n) is 17.0. The summed E-state index contributed by atoms with van der Waals surface area (Å²) in [5.74, 6) is 2.30. The van der Waals surface area contributed by atoms with Gasteiger partial charge in [-0.05, 0) is 49.2 Å². The Balaban J connectivity index is 1.57. The lowest BCUT2D eigenvalue weighted by molar-refractivity contribution is 0.205. The van der Waals surface area contributed by atoms with Crippen LogP contribution in [-0.2, 0) is 0 Å². The van der Waals surface area contributed by atoms with Crippen LogP contribution in [0.5, 0.6) is 5.88 Å². The summed E-state index contributed by atoms with van der Waals surface area (Å²) in [6.07, 6.45) is 0. The third kappa shape index (κ3) is 2.98. The molecule has 2 aliphatic rings. The van der Waals surface area contributed by atoms with Gasteiger partial charge in [-0.2, -0.15) is 9.78 Å². The zero-order valence-corrected chi connectivity index (χ0v) is 19.4. The van der Waals surface area contributed by atoms with E-state index in [2.05, 4.69) is 31.2 Å². The Bertz CT molecular complexity index is 1370. The van der Waals surface area contributed by atoms with Crippen LogP contribution in [0.3, 0.4) is 0 Å². The zero-order chi connectivity index (χ0) is 21.3. The molecular weight excluding hydrogens is 449 g/mol. The fourth-order valence-corrected chi connectivity index (χ4v) is 6.30. The molecule has 4 aromatic rings. The number of hydrogen-bond donors (Lipinski definition) is 0. The average molecular weight is 468 g/mol. The molecule has 7 heteroatoms. The van der Waals surface area contributed by atoms with Gasteiger partial charge in [0.2, 0.25) is 5.88 Å². The number of nitrogens with zero attached hydrogens (tertiary/aromatic N) is 3. The molecule has 0 aliphatic carbocycles. The lowest BCUT2D eigenvalue weighted by Gasteiger charge is -2.36. The van der Waals surface area contributed by atoms with Crippen molar-refractivity contribution in [1.82, 2.24) is 14.8 Å². The minimum atomic E-state index is 0.198. The number of pyridine rings is 1. The number of halogens is 2. The molecule has 0 amide bonds. The summed E-state index contributed by atoms with van der Waals surface area (Å²) in [5, 5.41) is 8.32. The molecular formula is C24H19Cl2N3OS. The van der Waals surface area contributed by atoms with E-state index in [1.54, 1.807) is 16.8 Å². The molecule has 0 spiro atoms. The van der Waals surface area contributed by atoms with Crippen molar-refractivity contribution in [2.24, 2.45) is 5.92 Å². The van der Waals surface area contributed by atoms with Gasteiger partial charge in [-0.1, -0.05) is 41.4 Å². The maximum Gasteiger partial charge on any atom is 0.220 e. The Morgan fingerprint density at radius 1 is 1.13 bits per heavy atom. The van der Waals surface area contributed by atoms with E-state index in [4.69, 9.17) is 38.0 Å². The quantitative estimate of drug-likeness (QED) is 0.316. The largest absolute Gasteiger partial charge is 0.477 e. The summed E-state index contributed by atoms with van der Waals surface area (Å²) in [5.41, 5.74) is 6.36. The number of aromatic nitrogens is 3. The van der Waals surface area contributed by atoms with Crippen molar-refractivity contribution in [3.63, 3.8) is 0 Å². The van der Waals surface area contributed by atoms with E-state index in [9.17, 15) is 0 Å². The van der Waals surface area contributed by atoms with Gasteiger partial charge in [0, 0.05) is 33.6 Å². The number of ether oxygens (including phenoxy) is 1. The Kier molecular flexibility index (Phi) is 4.50. The fourth-order valence-electron chi connectivity index (χ4n) is 4.77. The Labute approximate surface area is 194 Å². The van der Waals surface area contributed by atoms with Gasteiger partial charge in [0.05, 0.1) is 28.5 Å². The lowest BCUT2D eigenvalue weighted by atomic mass is 9.80. The van der Waals surface area contributed by atoms with Crippen LogP contribution in [0.15, 0.2) is 47.5 Å². The monoisotopic (exact) mass is 467 g/mol. The van der Waals surface area contributed by atoms with Crippen LogP contribution in [0.25, 0.3) is 16.6 Å². The van der Waals surface area contributed by atoms with Crippen LogP contribution >= 0.6 is 35.0 Å². The van der Waals surface area contributed by atoms with E-state index in [0.29, 0.717) is 22.6 Å². The van der Waals surface area contributed by atoms with Gasteiger partial charge in [0.25, 0.3) is 0 Å². The summed E-state index contributed by atoms with van der Waals surface area (Å²) in [6.45, 7) is 4.80. The minimum Gasteiger partial charge on any atom is -0.477 e. The smallest absolute Gasteiger partial charge is 0.220 e. The molecule has 6 rings (SSSR count). The average Bonchev–Trinajstić information content (AvgIpc) is 3.11. The van der Waals surface area contributed by atoms with Gasteiger partial charge >= 0.3 is 0 Å². The minimum absolute atomic E-state index is 0.198. The number of hydrogen-bond acceptors (Lipinski definition) is 4. The van der Waals surface area contributed by atoms with Gasteiger partial charge < -0.3 is 4.74 Å². The van der Waals surface area contributed by atoms with Crippen molar-refractivity contribution in [3.8, 4) is 11.6 Å². The van der Waals surface area contributed by atoms with Crippen molar-refractivity contribution in [2.75, 3.05) is 12.4 Å². The third-order valence-corrected chi connectivity index (χ3v) is 7.97. The van der Waals surface area contributed by atoms with Gasteiger partial charge in [0.15, 0.2) is 0 Å². The SMILES string of the molecule is Cc1nn(-c2cc(Cl)ccc2Cl)c2c1[C@H]1c3cc4cccc(C)c4nc3SC[C@H]1CO2. The molecule has 4 heterocycles. The van der Waals surface area contributed by atoms with Gasteiger partial charge in [-0.25, -0.2) is 4.98 Å². The summed E-state index contributed by atoms with van der Waals surface area (Å²) in [4.78, 5) is 5.06. The summed E-state index contributed by atoms with van der Waals surface area (Å²) in [6, 6.07) is 14.1. The van der Waals surface area contributed by atoms with Crippen molar-refractivity contribution in [3.05, 3.63) is 74.9 Å². The molecule has 0 N–H and O–H groups in total. The van der Waals surface area contributed by atoms with Crippen molar-refractivity contribution < 1.29 is 4.74 Å². The second kappa shape index (κ2) is 7.16. The first-order valence-electron chi connectivity index (χ1n) is 10.2. The number of rotatable bonds is 1. The lowest BCUT2D eigenvalue weighted by Crippen LogP contribution is -2.32. The first-order chi connectivity index (χ1) is 15.0. The van der Waals surface area contributed by atoms with Crippen molar-refractivity contribution >= 4 is 45.9 Å². The summed E-state index contributed by atoms with van der Waals surface area (Å²) < 4.78 is 8.08. The summed E-state index contributed by atoms with van der Waals surface area (Å²) in [7, 11) is 0. The molecule has 0 fully saturated rings. The van der Waals surface area contributed by atoms with Crippen LogP contribution in [0, 0.1) is 19.8 Å². The van der Waals surface area contributed by atoms with E-state index in [-0.39, 0.29) is 5.92 Å². The molecule has 0 saturated carbocycles. The van der Waals surface area contributed by atoms with Crippen molar-refractivity contribution in [2.45, 2.75) is 24.8 Å². The number of benzene rings is 2. The molecule has 2 aromatic heterocycles. The van der Waals surface area contributed by atoms with E-state index in [1.165, 1.54) is 16.5 Å². The number of para-hydroxylation sites is 1. The second-order valence-corrected chi connectivity index (χ2v) is 10.1. The van der Waals surface area contributed by atoms with Crippen LogP contribution in [0.2, 0.25) is 10.0 Å². The summed E-state index contributed by atoms with van der Waals surface area (Å²) >= 11 is 14.6. The maximum atomic E-state index is 6.49. The fraction of sp³-hybridized carbons (Fsp3) is 0.250. The van der Waals surface area contributed by atoms with Gasteiger partial charge in [-0.15, -0.1) is 11.8 Å². The standard InChI is InChI=1S/C24H19Cl2N3OS/c1-12-4-3-5-14-8-17-21-15(11-31-23(17)27-22(12)14)10-30-24-20(21)13(2)28-29(24)19-9-16(25)6-7-18(19)26/h3-9,15,21H,10-11H2,1-2H3/t15-,21-/m1/s1. The van der Waals surface area contributed by atoms with E-state index >= 15 is 0 Å².